The summed E-state index contributed by atoms with van der Waals surface area (Å²) in [5.41, 5.74) is 2.46. The van der Waals surface area contributed by atoms with Gasteiger partial charge in [-0.25, -0.2) is 9.97 Å². The molecule has 26 heavy (non-hydrogen) atoms. The summed E-state index contributed by atoms with van der Waals surface area (Å²) >= 11 is 6.12. The highest BCUT2D eigenvalue weighted by Gasteiger charge is 2.13. The first-order valence-corrected chi connectivity index (χ1v) is 8.25. The van der Waals surface area contributed by atoms with Crippen molar-refractivity contribution in [1.29, 1.82) is 0 Å². The monoisotopic (exact) mass is 368 g/mol. The number of aryl methyl sites for hydroxylation is 1. The van der Waals surface area contributed by atoms with Crippen LogP contribution >= 0.6 is 11.6 Å². The molecule has 0 aliphatic heterocycles. The Morgan fingerprint density at radius 1 is 1.12 bits per heavy atom. The maximum atomic E-state index is 12.6. The van der Waals surface area contributed by atoms with E-state index in [1.165, 1.54) is 12.3 Å². The summed E-state index contributed by atoms with van der Waals surface area (Å²) in [6.45, 7) is 1.94. The number of halogens is 1. The predicted octanol–water partition coefficient (Wildman–Crippen LogP) is 4.44. The minimum absolute atomic E-state index is 0.220. The Bertz CT molecular complexity index is 946. The second-order valence-electron chi connectivity index (χ2n) is 5.53. The van der Waals surface area contributed by atoms with Crippen molar-refractivity contribution in [1.82, 2.24) is 9.97 Å². The molecule has 0 aliphatic rings. The lowest BCUT2D eigenvalue weighted by molar-refractivity contribution is 0.102. The Labute approximate surface area is 156 Å². The summed E-state index contributed by atoms with van der Waals surface area (Å²) in [4.78, 5) is 20.9. The molecule has 0 radical (unpaired) electrons. The third-order valence-corrected chi connectivity index (χ3v) is 3.94. The van der Waals surface area contributed by atoms with Gasteiger partial charge >= 0.3 is 0 Å². The van der Waals surface area contributed by atoms with Crippen LogP contribution in [0.5, 0.6) is 5.75 Å². The van der Waals surface area contributed by atoms with Crippen molar-refractivity contribution < 1.29 is 9.53 Å². The van der Waals surface area contributed by atoms with Crippen LogP contribution in [-0.4, -0.2) is 23.0 Å². The van der Waals surface area contributed by atoms with E-state index >= 15 is 0 Å². The van der Waals surface area contributed by atoms with E-state index in [9.17, 15) is 4.79 Å². The van der Waals surface area contributed by atoms with Gasteiger partial charge in [0.2, 0.25) is 5.95 Å². The van der Waals surface area contributed by atoms with E-state index in [4.69, 9.17) is 16.3 Å². The molecule has 0 saturated heterocycles. The fraction of sp³-hybridized carbons (Fsp3) is 0.105. The van der Waals surface area contributed by atoms with E-state index in [0.717, 1.165) is 5.56 Å². The number of benzene rings is 2. The lowest BCUT2D eigenvalue weighted by Crippen LogP contribution is -2.15. The van der Waals surface area contributed by atoms with Gasteiger partial charge in [0.1, 0.15) is 11.4 Å². The standard InChI is InChI=1S/C19H17ClN4O2/c1-12-7-8-17(26-2)16(11-12)22-18(25)15-9-10-21-19(24-15)23-14-6-4-3-5-13(14)20/h3-11H,1-2H3,(H,22,25)(H,21,23,24). The largest absolute Gasteiger partial charge is 0.495 e. The van der Waals surface area contributed by atoms with E-state index < -0.39 is 0 Å². The molecule has 0 atom stereocenters. The highest BCUT2D eigenvalue weighted by Crippen LogP contribution is 2.26. The molecule has 7 heteroatoms. The molecule has 2 N–H and O–H groups in total. The lowest BCUT2D eigenvalue weighted by Gasteiger charge is -2.11. The number of anilines is 3. The van der Waals surface area contributed by atoms with Crippen LogP contribution < -0.4 is 15.4 Å². The maximum absolute atomic E-state index is 12.6. The minimum atomic E-state index is -0.362. The Kier molecular flexibility index (Phi) is 5.34. The smallest absolute Gasteiger partial charge is 0.274 e. The molecule has 1 amide bonds. The number of amides is 1. The van der Waals surface area contributed by atoms with Gasteiger partial charge in [0.25, 0.3) is 5.91 Å². The molecule has 0 aliphatic carbocycles. The zero-order valence-electron chi connectivity index (χ0n) is 14.3. The average molecular weight is 369 g/mol. The normalized spacial score (nSPS) is 10.3. The van der Waals surface area contributed by atoms with Crippen LogP contribution in [0.15, 0.2) is 54.7 Å². The number of para-hydroxylation sites is 1. The molecule has 0 unspecified atom stereocenters. The van der Waals surface area contributed by atoms with Gasteiger partial charge in [0.05, 0.1) is 23.5 Å². The molecule has 0 saturated carbocycles. The number of nitrogens with one attached hydrogen (secondary N) is 2. The van der Waals surface area contributed by atoms with Gasteiger partial charge in [-0.05, 0) is 42.8 Å². The van der Waals surface area contributed by atoms with E-state index in [2.05, 4.69) is 20.6 Å². The van der Waals surface area contributed by atoms with Gasteiger partial charge in [0, 0.05) is 6.20 Å². The molecule has 2 aromatic carbocycles. The Hall–Kier alpha value is -3.12. The Balaban J connectivity index is 1.81. The predicted molar refractivity (Wildman–Crippen MR) is 102 cm³/mol. The van der Waals surface area contributed by atoms with Crippen LogP contribution in [0.25, 0.3) is 0 Å². The Morgan fingerprint density at radius 2 is 1.92 bits per heavy atom. The molecule has 6 nitrogen and oxygen atoms in total. The summed E-state index contributed by atoms with van der Waals surface area (Å²) in [6.07, 6.45) is 1.51. The van der Waals surface area contributed by atoms with E-state index in [0.29, 0.717) is 22.1 Å². The van der Waals surface area contributed by atoms with Crippen molar-refractivity contribution in [3.63, 3.8) is 0 Å². The first-order valence-electron chi connectivity index (χ1n) is 7.87. The summed E-state index contributed by atoms with van der Waals surface area (Å²) in [5, 5.41) is 6.35. The van der Waals surface area contributed by atoms with E-state index in [-0.39, 0.29) is 17.5 Å². The third kappa shape index (κ3) is 4.10. The first kappa shape index (κ1) is 17.7. The SMILES string of the molecule is COc1ccc(C)cc1NC(=O)c1ccnc(Nc2ccccc2Cl)n1. The van der Waals surface area contributed by atoms with Crippen molar-refractivity contribution in [3.8, 4) is 5.75 Å². The molecule has 132 valence electrons. The van der Waals surface area contributed by atoms with Crippen molar-refractivity contribution >= 4 is 34.8 Å². The van der Waals surface area contributed by atoms with Crippen LogP contribution in [0.3, 0.4) is 0 Å². The fourth-order valence-electron chi connectivity index (χ4n) is 2.33. The quantitative estimate of drug-likeness (QED) is 0.696. The van der Waals surface area contributed by atoms with Crippen LogP contribution in [0.2, 0.25) is 5.02 Å². The number of nitrogens with zero attached hydrogens (tertiary/aromatic N) is 2. The van der Waals surface area contributed by atoms with Crippen molar-refractivity contribution in [2.45, 2.75) is 6.92 Å². The highest BCUT2D eigenvalue weighted by molar-refractivity contribution is 6.33. The van der Waals surface area contributed by atoms with Gasteiger partial charge in [0.15, 0.2) is 0 Å². The van der Waals surface area contributed by atoms with Crippen molar-refractivity contribution in [3.05, 3.63) is 71.0 Å². The average Bonchev–Trinajstić information content (AvgIpc) is 2.64. The number of carbonyl (C=O) groups excluding carboxylic acids is 1. The number of ether oxygens (including phenoxy) is 1. The number of methoxy groups -OCH3 is 1. The molecule has 3 aromatic rings. The highest BCUT2D eigenvalue weighted by atomic mass is 35.5. The van der Waals surface area contributed by atoms with E-state index in [1.807, 2.05) is 31.2 Å². The lowest BCUT2D eigenvalue weighted by atomic mass is 10.2. The number of carbonyl (C=O) groups is 1. The third-order valence-electron chi connectivity index (χ3n) is 3.61. The summed E-state index contributed by atoms with van der Waals surface area (Å²) < 4.78 is 5.28. The topological polar surface area (TPSA) is 76.1 Å². The van der Waals surface area contributed by atoms with Crippen LogP contribution in [0.4, 0.5) is 17.3 Å². The van der Waals surface area contributed by atoms with Gasteiger partial charge in [-0.15, -0.1) is 0 Å². The zero-order chi connectivity index (χ0) is 18.5. The molecule has 0 bridgehead atoms. The van der Waals surface area contributed by atoms with Crippen molar-refractivity contribution in [2.75, 3.05) is 17.7 Å². The fourth-order valence-corrected chi connectivity index (χ4v) is 2.52. The minimum Gasteiger partial charge on any atom is -0.495 e. The summed E-state index contributed by atoms with van der Waals surface area (Å²) in [7, 11) is 1.55. The molecule has 3 rings (SSSR count). The molecular formula is C19H17ClN4O2. The van der Waals surface area contributed by atoms with E-state index in [1.54, 1.807) is 25.3 Å². The summed E-state index contributed by atoms with van der Waals surface area (Å²) in [6, 6.07) is 14.3. The number of hydrogen-bond acceptors (Lipinski definition) is 5. The maximum Gasteiger partial charge on any atom is 0.274 e. The van der Waals surface area contributed by atoms with Gasteiger partial charge in [-0.2, -0.15) is 0 Å². The molecule has 1 aromatic heterocycles. The zero-order valence-corrected chi connectivity index (χ0v) is 15.0. The second-order valence-corrected chi connectivity index (χ2v) is 5.94. The van der Waals surface area contributed by atoms with Crippen LogP contribution in [-0.2, 0) is 0 Å². The van der Waals surface area contributed by atoms with Gasteiger partial charge in [-0.3, -0.25) is 4.79 Å². The first-order chi connectivity index (χ1) is 12.6. The molecule has 0 spiro atoms. The molecular weight excluding hydrogens is 352 g/mol. The van der Waals surface area contributed by atoms with Crippen LogP contribution in [0.1, 0.15) is 16.1 Å². The summed E-state index contributed by atoms with van der Waals surface area (Å²) in [5.74, 6) is 0.493. The molecule has 1 heterocycles. The number of aromatic nitrogens is 2. The van der Waals surface area contributed by atoms with Gasteiger partial charge < -0.3 is 15.4 Å². The number of rotatable bonds is 5. The number of hydrogen-bond donors (Lipinski definition) is 2. The van der Waals surface area contributed by atoms with Crippen LogP contribution in [0, 0.1) is 6.92 Å². The molecule has 0 fully saturated rings. The van der Waals surface area contributed by atoms with Gasteiger partial charge in [-0.1, -0.05) is 29.8 Å². The second kappa shape index (κ2) is 7.84. The van der Waals surface area contributed by atoms with Crippen molar-refractivity contribution in [2.24, 2.45) is 0 Å². The Morgan fingerprint density at radius 3 is 2.69 bits per heavy atom.